The Morgan fingerprint density at radius 1 is 1.48 bits per heavy atom. The van der Waals surface area contributed by atoms with Crippen LogP contribution in [-0.4, -0.2) is 23.5 Å². The molecule has 1 N–H and O–H groups in total. The molecule has 1 heterocycles. The lowest BCUT2D eigenvalue weighted by Crippen LogP contribution is -2.19. The van der Waals surface area contributed by atoms with Gasteiger partial charge < -0.3 is 4.74 Å². The van der Waals surface area contributed by atoms with Gasteiger partial charge in [0.15, 0.2) is 11.7 Å². The molecule has 5 nitrogen and oxygen atoms in total. The quantitative estimate of drug-likeness (QED) is 0.647. The van der Waals surface area contributed by atoms with Gasteiger partial charge in [-0.05, 0) is 24.6 Å². The summed E-state index contributed by atoms with van der Waals surface area (Å²) in [6.07, 6.45) is 3.72. The summed E-state index contributed by atoms with van der Waals surface area (Å²) in [7, 11) is 0. The van der Waals surface area contributed by atoms with Crippen molar-refractivity contribution in [3.05, 3.63) is 34.8 Å². The van der Waals surface area contributed by atoms with Crippen molar-refractivity contribution in [3.63, 3.8) is 0 Å². The molecule has 21 heavy (non-hydrogen) atoms. The summed E-state index contributed by atoms with van der Waals surface area (Å²) in [5.74, 6) is -0.938. The van der Waals surface area contributed by atoms with Crippen LogP contribution in [0.25, 0.3) is 10.2 Å². The molecule has 7 heteroatoms. The Kier molecular flexibility index (Phi) is 5.46. The lowest BCUT2D eigenvalue weighted by molar-refractivity contribution is -0.142. The molecule has 0 spiro atoms. The molecule has 0 radical (unpaired) electrons. The highest BCUT2D eigenvalue weighted by Crippen LogP contribution is 2.28. The second kappa shape index (κ2) is 7.33. The number of allylic oxidation sites excluding steroid dienone is 1. The van der Waals surface area contributed by atoms with E-state index in [-0.39, 0.29) is 6.61 Å². The van der Waals surface area contributed by atoms with Crippen LogP contribution >= 0.6 is 27.3 Å². The van der Waals surface area contributed by atoms with Crippen molar-refractivity contribution in [3.8, 4) is 0 Å². The average Bonchev–Trinajstić information content (AvgIpc) is 2.84. The van der Waals surface area contributed by atoms with Gasteiger partial charge >= 0.3 is 5.97 Å². The zero-order chi connectivity index (χ0) is 15.2. The Balaban J connectivity index is 1.92. The lowest BCUT2D eigenvalue weighted by Gasteiger charge is -2.01. The molecule has 1 aromatic heterocycles. The van der Waals surface area contributed by atoms with E-state index >= 15 is 0 Å². The molecule has 110 valence electrons. The molecular formula is C14H13BrN2O3S. The molecule has 0 unspecified atom stereocenters. The van der Waals surface area contributed by atoms with Crippen molar-refractivity contribution in [2.45, 2.75) is 13.3 Å². The molecule has 2 aromatic rings. The monoisotopic (exact) mass is 368 g/mol. The second-order valence-corrected chi connectivity index (χ2v) is 6.04. The Morgan fingerprint density at radius 3 is 3.05 bits per heavy atom. The fourth-order valence-electron chi connectivity index (χ4n) is 1.51. The minimum atomic E-state index is -0.528. The van der Waals surface area contributed by atoms with Crippen LogP contribution in [0, 0.1) is 0 Å². The van der Waals surface area contributed by atoms with Crippen molar-refractivity contribution >= 4 is 54.5 Å². The fraction of sp³-hybridized carbons (Fsp3) is 0.214. The van der Waals surface area contributed by atoms with E-state index in [1.165, 1.54) is 17.4 Å². The van der Waals surface area contributed by atoms with Crippen LogP contribution in [-0.2, 0) is 14.3 Å². The van der Waals surface area contributed by atoms with E-state index in [1.54, 1.807) is 6.08 Å². The van der Waals surface area contributed by atoms with Gasteiger partial charge in [-0.15, -0.1) is 0 Å². The average molecular weight is 369 g/mol. The van der Waals surface area contributed by atoms with Crippen LogP contribution in [0.3, 0.4) is 0 Å². The van der Waals surface area contributed by atoms with Crippen molar-refractivity contribution in [2.75, 3.05) is 11.9 Å². The van der Waals surface area contributed by atoms with Gasteiger partial charge in [-0.3, -0.25) is 10.1 Å². The lowest BCUT2D eigenvalue weighted by atomic mass is 10.3. The Bertz CT molecular complexity index is 697. The largest absolute Gasteiger partial charge is 0.452 e. The molecule has 1 aromatic carbocycles. The summed E-state index contributed by atoms with van der Waals surface area (Å²) in [5.41, 5.74) is 0.807. The van der Waals surface area contributed by atoms with E-state index in [1.807, 2.05) is 25.1 Å². The number of carbonyl (C=O) groups excluding carboxylic acids is 2. The smallest absolute Gasteiger partial charge is 0.330 e. The minimum absolute atomic E-state index is 0.327. The summed E-state index contributed by atoms with van der Waals surface area (Å²) >= 11 is 4.74. The molecular weight excluding hydrogens is 356 g/mol. The molecule has 2 rings (SSSR count). The second-order valence-electron chi connectivity index (χ2n) is 4.10. The highest BCUT2D eigenvalue weighted by atomic mass is 79.9. The standard InChI is InChI=1S/C14H13BrN2O3S/c1-2-3-4-13(19)20-8-12(18)17-14-16-10-6-5-9(15)7-11(10)21-14/h3-7H,2,8H2,1H3,(H,16,17,18)/b4-3+. The summed E-state index contributed by atoms with van der Waals surface area (Å²) in [6.45, 7) is 1.58. The number of anilines is 1. The number of nitrogens with one attached hydrogen (secondary N) is 1. The summed E-state index contributed by atoms with van der Waals surface area (Å²) in [6, 6.07) is 5.68. The topological polar surface area (TPSA) is 68.3 Å². The highest BCUT2D eigenvalue weighted by Gasteiger charge is 2.09. The maximum Gasteiger partial charge on any atom is 0.330 e. The SMILES string of the molecule is CC/C=C/C(=O)OCC(=O)Nc1nc2ccc(Br)cc2s1. The Hall–Kier alpha value is -1.73. The molecule has 0 aliphatic heterocycles. The number of rotatable bonds is 5. The summed E-state index contributed by atoms with van der Waals surface area (Å²) in [5, 5.41) is 3.09. The number of nitrogens with zero attached hydrogens (tertiary/aromatic N) is 1. The molecule has 0 aliphatic rings. The zero-order valence-electron chi connectivity index (χ0n) is 11.3. The number of aromatic nitrogens is 1. The maximum absolute atomic E-state index is 11.7. The number of benzene rings is 1. The van der Waals surface area contributed by atoms with Gasteiger partial charge in [0.1, 0.15) is 0 Å². The van der Waals surface area contributed by atoms with Gasteiger partial charge in [-0.1, -0.05) is 40.3 Å². The summed E-state index contributed by atoms with van der Waals surface area (Å²) < 4.78 is 6.72. The van der Waals surface area contributed by atoms with Crippen LogP contribution in [0.2, 0.25) is 0 Å². The van der Waals surface area contributed by atoms with Gasteiger partial charge in [-0.2, -0.15) is 0 Å². The normalized spacial score (nSPS) is 11.0. The Labute approximate surface area is 134 Å². The number of amides is 1. The third-order valence-corrected chi connectivity index (χ3v) is 3.86. The van der Waals surface area contributed by atoms with Crippen LogP contribution in [0.15, 0.2) is 34.8 Å². The first-order valence-electron chi connectivity index (χ1n) is 6.27. The Morgan fingerprint density at radius 2 is 2.29 bits per heavy atom. The third kappa shape index (κ3) is 4.64. The number of halogens is 1. The van der Waals surface area contributed by atoms with Gasteiger partial charge in [-0.25, -0.2) is 9.78 Å². The molecule has 1 amide bonds. The number of fused-ring (bicyclic) bond motifs is 1. The number of hydrogen-bond acceptors (Lipinski definition) is 5. The number of ether oxygens (including phenoxy) is 1. The van der Waals surface area contributed by atoms with Crippen molar-refractivity contribution in [1.82, 2.24) is 4.98 Å². The number of carbonyl (C=O) groups is 2. The molecule has 0 saturated carbocycles. The van der Waals surface area contributed by atoms with Crippen LogP contribution in [0.5, 0.6) is 0 Å². The van der Waals surface area contributed by atoms with Crippen LogP contribution < -0.4 is 5.32 Å². The van der Waals surface area contributed by atoms with Gasteiger partial charge in [0.2, 0.25) is 0 Å². The highest BCUT2D eigenvalue weighted by molar-refractivity contribution is 9.10. The summed E-state index contributed by atoms with van der Waals surface area (Å²) in [4.78, 5) is 27.2. The molecule has 0 saturated heterocycles. The van der Waals surface area contributed by atoms with E-state index in [0.29, 0.717) is 5.13 Å². The van der Waals surface area contributed by atoms with Gasteiger partial charge in [0.05, 0.1) is 10.2 Å². The van der Waals surface area contributed by atoms with E-state index in [2.05, 4.69) is 26.2 Å². The first kappa shape index (κ1) is 15.7. The number of esters is 1. The minimum Gasteiger partial charge on any atom is -0.452 e. The van der Waals surface area contributed by atoms with Gasteiger partial charge in [0.25, 0.3) is 5.91 Å². The van der Waals surface area contributed by atoms with Crippen LogP contribution in [0.1, 0.15) is 13.3 Å². The first-order valence-corrected chi connectivity index (χ1v) is 7.88. The molecule has 0 aliphatic carbocycles. The van der Waals surface area contributed by atoms with Crippen molar-refractivity contribution in [2.24, 2.45) is 0 Å². The van der Waals surface area contributed by atoms with E-state index in [4.69, 9.17) is 4.74 Å². The molecule has 0 fully saturated rings. The van der Waals surface area contributed by atoms with Gasteiger partial charge in [0, 0.05) is 10.5 Å². The van der Waals surface area contributed by atoms with E-state index in [0.717, 1.165) is 21.1 Å². The fourth-order valence-corrected chi connectivity index (χ4v) is 2.94. The van der Waals surface area contributed by atoms with Crippen molar-refractivity contribution in [1.29, 1.82) is 0 Å². The molecule has 0 atom stereocenters. The van der Waals surface area contributed by atoms with E-state index < -0.39 is 11.9 Å². The third-order valence-electron chi connectivity index (χ3n) is 2.43. The molecule has 0 bridgehead atoms. The number of thiazole rings is 1. The number of hydrogen-bond donors (Lipinski definition) is 1. The predicted molar refractivity (Wildman–Crippen MR) is 86.3 cm³/mol. The zero-order valence-corrected chi connectivity index (χ0v) is 13.7. The predicted octanol–water partition coefficient (Wildman–Crippen LogP) is 3.51. The maximum atomic E-state index is 11.7. The van der Waals surface area contributed by atoms with E-state index in [9.17, 15) is 9.59 Å². The first-order chi connectivity index (χ1) is 10.1. The van der Waals surface area contributed by atoms with Crippen LogP contribution in [0.4, 0.5) is 5.13 Å². The van der Waals surface area contributed by atoms with Crippen molar-refractivity contribution < 1.29 is 14.3 Å².